The summed E-state index contributed by atoms with van der Waals surface area (Å²) in [6.07, 6.45) is 4.51. The first-order chi connectivity index (χ1) is 8.00. The Kier molecular flexibility index (Phi) is 3.09. The molecule has 17 heavy (non-hydrogen) atoms. The second-order valence-corrected chi connectivity index (χ2v) is 5.31. The van der Waals surface area contributed by atoms with E-state index in [4.69, 9.17) is 5.73 Å². The molecule has 0 radical (unpaired) electrons. The number of carbonyl (C=O) groups is 1. The van der Waals surface area contributed by atoms with Crippen molar-refractivity contribution >= 4 is 11.6 Å². The predicted octanol–water partition coefficient (Wildman–Crippen LogP) is 2.64. The second kappa shape index (κ2) is 4.40. The van der Waals surface area contributed by atoms with Crippen molar-refractivity contribution in [2.24, 2.45) is 0 Å². The number of hydrogen-bond acceptors (Lipinski definition) is 2. The van der Waals surface area contributed by atoms with E-state index in [2.05, 4.69) is 12.2 Å². The first kappa shape index (κ1) is 12.0. The van der Waals surface area contributed by atoms with Gasteiger partial charge >= 0.3 is 0 Å². The molecule has 0 saturated heterocycles. The van der Waals surface area contributed by atoms with E-state index in [-0.39, 0.29) is 11.4 Å². The predicted molar refractivity (Wildman–Crippen MR) is 69.9 cm³/mol. The van der Waals surface area contributed by atoms with E-state index in [0.29, 0.717) is 11.3 Å². The number of nitrogens with two attached hydrogens (primary N) is 1. The summed E-state index contributed by atoms with van der Waals surface area (Å²) in [5.74, 6) is -0.0457. The highest BCUT2D eigenvalue weighted by atomic mass is 16.1. The number of anilines is 1. The van der Waals surface area contributed by atoms with Gasteiger partial charge in [0.2, 0.25) is 0 Å². The Hall–Kier alpha value is -1.51. The van der Waals surface area contributed by atoms with Crippen LogP contribution in [0.5, 0.6) is 0 Å². The molecule has 0 bridgehead atoms. The molecule has 1 fully saturated rings. The summed E-state index contributed by atoms with van der Waals surface area (Å²) in [4.78, 5) is 12.2. The molecule has 1 aliphatic carbocycles. The van der Waals surface area contributed by atoms with Crippen molar-refractivity contribution in [3.05, 3.63) is 29.3 Å². The summed E-state index contributed by atoms with van der Waals surface area (Å²) in [5, 5.41) is 3.12. The van der Waals surface area contributed by atoms with E-state index in [1.54, 1.807) is 6.07 Å². The van der Waals surface area contributed by atoms with E-state index in [1.165, 1.54) is 12.8 Å². The summed E-state index contributed by atoms with van der Waals surface area (Å²) < 4.78 is 0. The number of nitrogen functional groups attached to an aromatic ring is 1. The van der Waals surface area contributed by atoms with Crippen LogP contribution in [0.4, 0.5) is 5.69 Å². The smallest absolute Gasteiger partial charge is 0.253 e. The first-order valence-electron chi connectivity index (χ1n) is 6.19. The largest absolute Gasteiger partial charge is 0.398 e. The zero-order chi connectivity index (χ0) is 12.5. The van der Waals surface area contributed by atoms with Gasteiger partial charge in [0.15, 0.2) is 0 Å². The quantitative estimate of drug-likeness (QED) is 0.770. The van der Waals surface area contributed by atoms with Crippen LogP contribution in [0.2, 0.25) is 0 Å². The van der Waals surface area contributed by atoms with Crippen molar-refractivity contribution in [2.75, 3.05) is 5.73 Å². The number of carbonyl (C=O) groups excluding carboxylic acids is 1. The third-order valence-corrected chi connectivity index (χ3v) is 3.58. The molecule has 1 aromatic rings. The molecule has 1 aromatic carbocycles. The highest BCUT2D eigenvalue weighted by Gasteiger charge is 2.30. The zero-order valence-corrected chi connectivity index (χ0v) is 10.5. The number of nitrogens with one attached hydrogen (secondary N) is 1. The first-order valence-corrected chi connectivity index (χ1v) is 6.19. The lowest BCUT2D eigenvalue weighted by Crippen LogP contribution is -2.43. The Morgan fingerprint density at radius 2 is 2.00 bits per heavy atom. The van der Waals surface area contributed by atoms with E-state index in [1.807, 2.05) is 19.1 Å². The van der Waals surface area contributed by atoms with Crippen molar-refractivity contribution in [3.8, 4) is 0 Å². The van der Waals surface area contributed by atoms with Crippen LogP contribution in [0.1, 0.15) is 48.5 Å². The summed E-state index contributed by atoms with van der Waals surface area (Å²) in [7, 11) is 0. The van der Waals surface area contributed by atoms with Gasteiger partial charge in [-0.15, -0.1) is 0 Å². The zero-order valence-electron chi connectivity index (χ0n) is 10.5. The van der Waals surface area contributed by atoms with Crippen LogP contribution in [0, 0.1) is 6.92 Å². The maximum atomic E-state index is 12.2. The maximum absolute atomic E-state index is 12.2. The van der Waals surface area contributed by atoms with Gasteiger partial charge in [0, 0.05) is 11.2 Å². The van der Waals surface area contributed by atoms with Gasteiger partial charge in [-0.2, -0.15) is 0 Å². The number of amides is 1. The Morgan fingerprint density at radius 1 is 1.35 bits per heavy atom. The fourth-order valence-corrected chi connectivity index (χ4v) is 2.49. The van der Waals surface area contributed by atoms with E-state index < -0.39 is 0 Å². The number of aryl methyl sites for hydroxylation is 1. The molecule has 3 nitrogen and oxygen atoms in total. The maximum Gasteiger partial charge on any atom is 0.253 e. The normalized spacial score (nSPS) is 18.0. The molecule has 0 heterocycles. The van der Waals surface area contributed by atoms with Gasteiger partial charge in [-0.3, -0.25) is 4.79 Å². The van der Waals surface area contributed by atoms with Gasteiger partial charge in [-0.1, -0.05) is 24.5 Å². The summed E-state index contributed by atoms with van der Waals surface area (Å²) in [6, 6.07) is 5.56. The molecule has 1 aliphatic rings. The number of benzene rings is 1. The van der Waals surface area contributed by atoms with Gasteiger partial charge in [0.25, 0.3) is 5.91 Å². The lowest BCUT2D eigenvalue weighted by molar-refractivity contribution is 0.0909. The lowest BCUT2D eigenvalue weighted by Gasteiger charge is -2.25. The Bertz CT molecular complexity index is 434. The van der Waals surface area contributed by atoms with Crippen molar-refractivity contribution in [1.82, 2.24) is 5.32 Å². The van der Waals surface area contributed by atoms with Gasteiger partial charge < -0.3 is 11.1 Å². The fraction of sp³-hybridized carbons (Fsp3) is 0.500. The van der Waals surface area contributed by atoms with Gasteiger partial charge in [-0.05, 0) is 38.8 Å². The average molecular weight is 232 g/mol. The highest BCUT2D eigenvalue weighted by Crippen LogP contribution is 2.29. The minimum absolute atomic E-state index is 0.0457. The lowest BCUT2D eigenvalue weighted by atomic mass is 9.99. The molecule has 92 valence electrons. The van der Waals surface area contributed by atoms with Crippen molar-refractivity contribution < 1.29 is 4.79 Å². The SMILES string of the molecule is Cc1ccc(N)c(C(=O)NC2(C)CCCC2)c1. The highest BCUT2D eigenvalue weighted by molar-refractivity contribution is 5.99. The monoisotopic (exact) mass is 232 g/mol. The van der Waals surface area contributed by atoms with Crippen LogP contribution in [0.15, 0.2) is 18.2 Å². The second-order valence-electron chi connectivity index (χ2n) is 5.31. The molecular formula is C14H20N2O. The minimum Gasteiger partial charge on any atom is -0.398 e. The van der Waals surface area contributed by atoms with Crippen LogP contribution in [0.25, 0.3) is 0 Å². The summed E-state index contributed by atoms with van der Waals surface area (Å²) in [5.41, 5.74) is 8.00. The molecule has 1 saturated carbocycles. The summed E-state index contributed by atoms with van der Waals surface area (Å²) >= 11 is 0. The number of rotatable bonds is 2. The van der Waals surface area contributed by atoms with Crippen molar-refractivity contribution in [1.29, 1.82) is 0 Å². The minimum atomic E-state index is -0.0483. The Balaban J connectivity index is 2.17. The van der Waals surface area contributed by atoms with Crippen LogP contribution < -0.4 is 11.1 Å². The van der Waals surface area contributed by atoms with E-state index in [0.717, 1.165) is 18.4 Å². The van der Waals surface area contributed by atoms with Crippen LogP contribution >= 0.6 is 0 Å². The molecule has 0 spiro atoms. The van der Waals surface area contributed by atoms with E-state index in [9.17, 15) is 4.79 Å². The molecule has 3 N–H and O–H groups in total. The van der Waals surface area contributed by atoms with Crippen molar-refractivity contribution in [2.45, 2.75) is 45.1 Å². The van der Waals surface area contributed by atoms with Gasteiger partial charge in [-0.25, -0.2) is 0 Å². The Morgan fingerprint density at radius 3 is 2.65 bits per heavy atom. The van der Waals surface area contributed by atoms with Crippen LogP contribution in [-0.4, -0.2) is 11.4 Å². The molecule has 0 atom stereocenters. The number of hydrogen-bond donors (Lipinski definition) is 2. The average Bonchev–Trinajstić information content (AvgIpc) is 2.68. The molecule has 1 amide bonds. The standard InChI is InChI=1S/C14H20N2O/c1-10-5-6-12(15)11(9-10)13(17)16-14(2)7-3-4-8-14/h5-6,9H,3-4,7-8,15H2,1-2H3,(H,16,17). The molecule has 0 aliphatic heterocycles. The molecule has 0 unspecified atom stereocenters. The molecular weight excluding hydrogens is 212 g/mol. The Labute approximate surface area is 102 Å². The van der Waals surface area contributed by atoms with Gasteiger partial charge in [0.1, 0.15) is 0 Å². The van der Waals surface area contributed by atoms with Gasteiger partial charge in [0.05, 0.1) is 5.56 Å². The topological polar surface area (TPSA) is 55.1 Å². The third-order valence-electron chi connectivity index (χ3n) is 3.58. The fourth-order valence-electron chi connectivity index (χ4n) is 2.49. The molecule has 0 aromatic heterocycles. The van der Waals surface area contributed by atoms with Crippen LogP contribution in [-0.2, 0) is 0 Å². The van der Waals surface area contributed by atoms with E-state index >= 15 is 0 Å². The molecule has 3 heteroatoms. The molecule has 2 rings (SSSR count). The van der Waals surface area contributed by atoms with Crippen molar-refractivity contribution in [3.63, 3.8) is 0 Å². The third kappa shape index (κ3) is 2.60. The summed E-state index contributed by atoms with van der Waals surface area (Å²) in [6.45, 7) is 4.08. The van der Waals surface area contributed by atoms with Crippen LogP contribution in [0.3, 0.4) is 0 Å².